The monoisotopic (exact) mass is 287 g/mol. The number of halogens is 1. The summed E-state index contributed by atoms with van der Waals surface area (Å²) in [5.74, 6) is -1.94. The van der Waals surface area contributed by atoms with Crippen LogP contribution in [0.5, 0.6) is 0 Å². The Hall–Kier alpha value is -1.43. The van der Waals surface area contributed by atoms with Crippen LogP contribution in [0.2, 0.25) is 0 Å². The normalized spacial score (nSPS) is 13.9. The number of carbonyl (C=O) groups is 2. The van der Waals surface area contributed by atoms with Crippen molar-refractivity contribution in [1.29, 1.82) is 0 Å². The van der Waals surface area contributed by atoms with Gasteiger partial charge in [-0.1, -0.05) is 6.07 Å². The van der Waals surface area contributed by atoms with Crippen LogP contribution in [0.4, 0.5) is 0 Å². The standard InChI is InChI=1S/C10H10BrNO4/c1-6(13)16-10(2,9(14)15)7-4-3-5-8(11)12-7/h3-5H,1-2H3,(H,14,15). The lowest BCUT2D eigenvalue weighted by molar-refractivity contribution is -0.177. The maximum Gasteiger partial charge on any atom is 0.354 e. The fourth-order valence-corrected chi connectivity index (χ4v) is 1.51. The molecule has 0 aliphatic heterocycles. The van der Waals surface area contributed by atoms with Crippen molar-refractivity contribution >= 4 is 27.9 Å². The molecular weight excluding hydrogens is 278 g/mol. The fraction of sp³-hybridized carbons (Fsp3) is 0.300. The van der Waals surface area contributed by atoms with Gasteiger partial charge in [0, 0.05) is 6.92 Å². The van der Waals surface area contributed by atoms with Gasteiger partial charge in [-0.25, -0.2) is 9.78 Å². The maximum absolute atomic E-state index is 11.1. The van der Waals surface area contributed by atoms with Gasteiger partial charge in [0.1, 0.15) is 4.60 Å². The molecule has 0 saturated carbocycles. The highest BCUT2D eigenvalue weighted by atomic mass is 79.9. The molecule has 1 aromatic rings. The number of carboxylic acids is 1. The SMILES string of the molecule is CC(=O)OC(C)(C(=O)O)c1cccc(Br)n1. The van der Waals surface area contributed by atoms with Gasteiger partial charge in [-0.15, -0.1) is 0 Å². The Morgan fingerprint density at radius 2 is 2.12 bits per heavy atom. The van der Waals surface area contributed by atoms with Crippen molar-refractivity contribution in [3.63, 3.8) is 0 Å². The minimum Gasteiger partial charge on any atom is -0.478 e. The summed E-state index contributed by atoms with van der Waals surface area (Å²) in [5.41, 5.74) is -1.61. The topological polar surface area (TPSA) is 76.5 Å². The van der Waals surface area contributed by atoms with Crippen molar-refractivity contribution in [2.45, 2.75) is 19.4 Å². The summed E-state index contributed by atoms with van der Waals surface area (Å²) in [4.78, 5) is 26.0. The Bertz CT molecular complexity index is 435. The van der Waals surface area contributed by atoms with Gasteiger partial charge in [-0.05, 0) is 35.0 Å². The van der Waals surface area contributed by atoms with E-state index in [0.717, 1.165) is 6.92 Å². The van der Waals surface area contributed by atoms with E-state index in [0.29, 0.717) is 4.60 Å². The molecule has 1 rings (SSSR count). The van der Waals surface area contributed by atoms with Crippen LogP contribution in [0.1, 0.15) is 19.5 Å². The summed E-state index contributed by atoms with van der Waals surface area (Å²) in [6, 6.07) is 4.76. The highest BCUT2D eigenvalue weighted by molar-refractivity contribution is 9.10. The summed E-state index contributed by atoms with van der Waals surface area (Å²) in [6.07, 6.45) is 0. The first-order chi connectivity index (χ1) is 7.36. The summed E-state index contributed by atoms with van der Waals surface area (Å²) in [6.45, 7) is 2.44. The molecule has 0 spiro atoms. The Balaban J connectivity index is 3.21. The molecule has 0 aliphatic carbocycles. The van der Waals surface area contributed by atoms with Gasteiger partial charge in [0.2, 0.25) is 5.60 Å². The first-order valence-corrected chi connectivity index (χ1v) is 5.21. The molecule has 0 aliphatic rings. The Morgan fingerprint density at radius 1 is 1.50 bits per heavy atom. The average Bonchev–Trinajstić information content (AvgIpc) is 2.16. The number of pyridine rings is 1. The van der Waals surface area contributed by atoms with E-state index in [-0.39, 0.29) is 5.69 Å². The van der Waals surface area contributed by atoms with Gasteiger partial charge in [0.25, 0.3) is 0 Å². The summed E-state index contributed by atoms with van der Waals surface area (Å²) in [5, 5.41) is 9.09. The minimum absolute atomic E-state index is 0.157. The van der Waals surface area contributed by atoms with Crippen LogP contribution in [0.3, 0.4) is 0 Å². The molecule has 1 aromatic heterocycles. The van der Waals surface area contributed by atoms with Crippen molar-refractivity contribution in [3.8, 4) is 0 Å². The van der Waals surface area contributed by atoms with E-state index in [1.54, 1.807) is 12.1 Å². The van der Waals surface area contributed by atoms with E-state index in [9.17, 15) is 9.59 Å². The third kappa shape index (κ3) is 2.57. The summed E-state index contributed by atoms with van der Waals surface area (Å²) >= 11 is 3.13. The zero-order chi connectivity index (χ0) is 12.3. The number of carboxylic acid groups (broad SMARTS) is 1. The predicted octanol–water partition coefficient (Wildman–Crippen LogP) is 1.71. The molecule has 86 valence electrons. The Kier molecular flexibility index (Phi) is 3.64. The minimum atomic E-state index is -1.77. The molecule has 0 bridgehead atoms. The maximum atomic E-state index is 11.1. The quantitative estimate of drug-likeness (QED) is 0.676. The lowest BCUT2D eigenvalue weighted by atomic mass is 10.0. The summed E-state index contributed by atoms with van der Waals surface area (Å²) < 4.78 is 5.30. The van der Waals surface area contributed by atoms with E-state index in [1.165, 1.54) is 13.0 Å². The molecule has 1 heterocycles. The van der Waals surface area contributed by atoms with Crippen LogP contribution >= 0.6 is 15.9 Å². The molecule has 1 unspecified atom stereocenters. The Labute approximate surface area is 101 Å². The fourth-order valence-electron chi connectivity index (χ4n) is 1.17. The first-order valence-electron chi connectivity index (χ1n) is 4.42. The number of hydrogen-bond acceptors (Lipinski definition) is 4. The largest absolute Gasteiger partial charge is 0.478 e. The van der Waals surface area contributed by atoms with Gasteiger partial charge < -0.3 is 9.84 Å². The average molecular weight is 288 g/mol. The molecule has 0 amide bonds. The molecule has 16 heavy (non-hydrogen) atoms. The van der Waals surface area contributed by atoms with Gasteiger partial charge in [-0.3, -0.25) is 4.79 Å². The zero-order valence-electron chi connectivity index (χ0n) is 8.73. The van der Waals surface area contributed by atoms with Gasteiger partial charge in [0.05, 0.1) is 5.69 Å². The number of nitrogens with zero attached hydrogens (tertiary/aromatic N) is 1. The number of aliphatic carboxylic acids is 1. The highest BCUT2D eigenvalue weighted by Crippen LogP contribution is 2.25. The van der Waals surface area contributed by atoms with E-state index in [1.807, 2.05) is 0 Å². The highest BCUT2D eigenvalue weighted by Gasteiger charge is 2.40. The molecule has 1 N–H and O–H groups in total. The van der Waals surface area contributed by atoms with Gasteiger partial charge in [0.15, 0.2) is 0 Å². The molecule has 1 atom stereocenters. The van der Waals surface area contributed by atoms with Gasteiger partial charge in [-0.2, -0.15) is 0 Å². The van der Waals surface area contributed by atoms with E-state index >= 15 is 0 Å². The number of rotatable bonds is 3. The molecule has 0 aromatic carbocycles. The Morgan fingerprint density at radius 3 is 2.56 bits per heavy atom. The van der Waals surface area contributed by atoms with Crippen LogP contribution in [0.25, 0.3) is 0 Å². The number of carbonyl (C=O) groups excluding carboxylic acids is 1. The van der Waals surface area contributed by atoms with Crippen LogP contribution < -0.4 is 0 Å². The first kappa shape index (κ1) is 12.6. The number of ether oxygens (including phenoxy) is 1. The second-order valence-corrected chi connectivity index (χ2v) is 4.09. The third-order valence-electron chi connectivity index (χ3n) is 1.96. The molecule has 0 radical (unpaired) electrons. The number of aromatic nitrogens is 1. The molecule has 0 saturated heterocycles. The van der Waals surface area contributed by atoms with E-state index in [4.69, 9.17) is 9.84 Å². The third-order valence-corrected chi connectivity index (χ3v) is 2.40. The summed E-state index contributed by atoms with van der Waals surface area (Å²) in [7, 11) is 0. The van der Waals surface area contributed by atoms with Crippen molar-refractivity contribution in [2.75, 3.05) is 0 Å². The van der Waals surface area contributed by atoms with E-state index < -0.39 is 17.5 Å². The van der Waals surface area contributed by atoms with Crippen molar-refractivity contribution < 1.29 is 19.4 Å². The van der Waals surface area contributed by atoms with Crippen LogP contribution in [-0.2, 0) is 19.9 Å². The second-order valence-electron chi connectivity index (χ2n) is 3.28. The predicted molar refractivity (Wildman–Crippen MR) is 58.7 cm³/mol. The number of esters is 1. The van der Waals surface area contributed by atoms with Gasteiger partial charge >= 0.3 is 11.9 Å². The van der Waals surface area contributed by atoms with Crippen LogP contribution in [0, 0.1) is 0 Å². The lowest BCUT2D eigenvalue weighted by Gasteiger charge is -2.23. The van der Waals surface area contributed by atoms with Crippen LogP contribution in [-0.4, -0.2) is 22.0 Å². The molecule has 5 nitrogen and oxygen atoms in total. The molecule has 6 heteroatoms. The molecule has 0 fully saturated rings. The van der Waals surface area contributed by atoms with Crippen molar-refractivity contribution in [3.05, 3.63) is 28.5 Å². The van der Waals surface area contributed by atoms with Crippen molar-refractivity contribution in [1.82, 2.24) is 4.98 Å². The van der Waals surface area contributed by atoms with E-state index in [2.05, 4.69) is 20.9 Å². The second kappa shape index (κ2) is 4.61. The lowest BCUT2D eigenvalue weighted by Crippen LogP contribution is -2.37. The number of hydrogen-bond donors (Lipinski definition) is 1. The van der Waals surface area contributed by atoms with Crippen molar-refractivity contribution in [2.24, 2.45) is 0 Å². The zero-order valence-corrected chi connectivity index (χ0v) is 10.3. The van der Waals surface area contributed by atoms with Crippen LogP contribution in [0.15, 0.2) is 22.8 Å². The smallest absolute Gasteiger partial charge is 0.354 e. The molecular formula is C10H10BrNO4.